The van der Waals surface area contributed by atoms with Gasteiger partial charge in [-0.25, -0.2) is 15.0 Å². The zero-order valence-corrected chi connectivity index (χ0v) is 15.7. The lowest BCUT2D eigenvalue weighted by Gasteiger charge is -2.32. The predicted molar refractivity (Wildman–Crippen MR) is 105 cm³/mol. The van der Waals surface area contributed by atoms with Crippen LogP contribution in [-0.4, -0.2) is 39.2 Å². The van der Waals surface area contributed by atoms with E-state index < -0.39 is 0 Å². The molecule has 140 valence electrons. The number of benzene rings is 1. The van der Waals surface area contributed by atoms with E-state index in [0.29, 0.717) is 11.8 Å². The Morgan fingerprint density at radius 2 is 1.89 bits per heavy atom. The van der Waals surface area contributed by atoms with E-state index in [9.17, 15) is 0 Å². The molecular formula is C21H25N5O. The molecule has 1 aromatic carbocycles. The van der Waals surface area contributed by atoms with E-state index in [-0.39, 0.29) is 0 Å². The lowest BCUT2D eigenvalue weighted by Crippen LogP contribution is -2.37. The van der Waals surface area contributed by atoms with Gasteiger partial charge in [0.25, 0.3) is 0 Å². The van der Waals surface area contributed by atoms with Gasteiger partial charge in [-0.2, -0.15) is 0 Å². The summed E-state index contributed by atoms with van der Waals surface area (Å²) in [5.74, 6) is 2.99. The molecule has 5 rings (SSSR count). The average molecular weight is 363 g/mol. The molecule has 1 saturated heterocycles. The molecule has 3 heterocycles. The van der Waals surface area contributed by atoms with Crippen LogP contribution in [0, 0.1) is 5.92 Å². The molecule has 1 aliphatic carbocycles. The van der Waals surface area contributed by atoms with Gasteiger partial charge >= 0.3 is 0 Å². The number of hydrogen-bond acceptors (Lipinski definition) is 5. The minimum atomic E-state index is 0.565. The molecule has 0 amide bonds. The van der Waals surface area contributed by atoms with Gasteiger partial charge < -0.3 is 14.2 Å². The number of imidazole rings is 1. The highest BCUT2D eigenvalue weighted by atomic mass is 16.5. The van der Waals surface area contributed by atoms with Crippen molar-refractivity contribution in [3.05, 3.63) is 42.4 Å². The molecule has 27 heavy (non-hydrogen) atoms. The van der Waals surface area contributed by atoms with Crippen LogP contribution in [0.1, 0.15) is 37.3 Å². The number of anilines is 1. The summed E-state index contributed by atoms with van der Waals surface area (Å²) < 4.78 is 8.19. The molecule has 0 radical (unpaired) electrons. The highest BCUT2D eigenvalue weighted by molar-refractivity contribution is 5.78. The molecule has 2 aliphatic rings. The second-order valence-electron chi connectivity index (χ2n) is 7.76. The molecule has 1 aliphatic heterocycles. The summed E-state index contributed by atoms with van der Waals surface area (Å²) in [6, 6.07) is 10.3. The van der Waals surface area contributed by atoms with Crippen LogP contribution < -0.4 is 9.64 Å². The fourth-order valence-electron chi connectivity index (χ4n) is 3.95. The van der Waals surface area contributed by atoms with Gasteiger partial charge in [-0.3, -0.25) is 0 Å². The highest BCUT2D eigenvalue weighted by Crippen LogP contribution is 2.39. The standard InChI is InChI=1S/C21H25N5O/c1-25-19-5-3-2-4-17(19)24-21(25)26-10-8-15(9-11-26)13-27-20-12-18(16-6-7-16)22-14-23-20/h2-5,12,14-16H,6-11,13H2,1H3. The minimum Gasteiger partial charge on any atom is -0.477 e. The second kappa shape index (κ2) is 6.83. The summed E-state index contributed by atoms with van der Waals surface area (Å²) in [6.07, 6.45) is 6.36. The lowest BCUT2D eigenvalue weighted by molar-refractivity contribution is 0.215. The van der Waals surface area contributed by atoms with Gasteiger partial charge in [0.15, 0.2) is 0 Å². The van der Waals surface area contributed by atoms with E-state index in [2.05, 4.69) is 44.7 Å². The van der Waals surface area contributed by atoms with Crippen LogP contribution in [0.15, 0.2) is 36.7 Å². The zero-order chi connectivity index (χ0) is 18.2. The molecule has 2 aromatic heterocycles. The third kappa shape index (κ3) is 3.36. The molecule has 3 aromatic rings. The lowest BCUT2D eigenvalue weighted by atomic mass is 9.98. The van der Waals surface area contributed by atoms with Gasteiger partial charge in [-0.15, -0.1) is 0 Å². The largest absolute Gasteiger partial charge is 0.477 e. The number of hydrogen-bond donors (Lipinski definition) is 0. The van der Waals surface area contributed by atoms with Crippen molar-refractivity contribution >= 4 is 17.0 Å². The van der Waals surface area contributed by atoms with Crippen LogP contribution in [-0.2, 0) is 7.05 Å². The number of fused-ring (bicyclic) bond motifs is 1. The number of rotatable bonds is 5. The van der Waals surface area contributed by atoms with Gasteiger partial charge in [0, 0.05) is 32.1 Å². The SMILES string of the molecule is Cn1c(N2CCC(COc3cc(C4CC4)ncn3)CC2)nc2ccccc21. The Balaban J connectivity index is 1.19. The molecular weight excluding hydrogens is 338 g/mol. The van der Waals surface area contributed by atoms with E-state index in [1.165, 1.54) is 18.4 Å². The second-order valence-corrected chi connectivity index (χ2v) is 7.76. The maximum absolute atomic E-state index is 5.99. The van der Waals surface area contributed by atoms with Crippen LogP contribution in [0.25, 0.3) is 11.0 Å². The molecule has 6 nitrogen and oxygen atoms in total. The average Bonchev–Trinajstić information content (AvgIpc) is 3.52. The molecule has 1 saturated carbocycles. The Labute approximate surface area is 159 Å². The molecule has 0 unspecified atom stereocenters. The van der Waals surface area contributed by atoms with Crippen molar-refractivity contribution < 1.29 is 4.74 Å². The van der Waals surface area contributed by atoms with E-state index in [1.54, 1.807) is 6.33 Å². The Kier molecular flexibility index (Phi) is 4.19. The number of ether oxygens (including phenoxy) is 1. The summed E-state index contributed by atoms with van der Waals surface area (Å²) in [7, 11) is 2.10. The van der Waals surface area contributed by atoms with Crippen molar-refractivity contribution in [2.45, 2.75) is 31.6 Å². The monoisotopic (exact) mass is 363 g/mol. The summed E-state index contributed by atoms with van der Waals surface area (Å²) >= 11 is 0. The van der Waals surface area contributed by atoms with Crippen molar-refractivity contribution in [1.82, 2.24) is 19.5 Å². The third-order valence-electron chi connectivity index (χ3n) is 5.79. The summed E-state index contributed by atoms with van der Waals surface area (Å²) in [5.41, 5.74) is 3.39. The van der Waals surface area contributed by atoms with E-state index in [0.717, 1.165) is 55.6 Å². The van der Waals surface area contributed by atoms with Gasteiger partial charge in [0.1, 0.15) is 6.33 Å². The highest BCUT2D eigenvalue weighted by Gasteiger charge is 2.26. The zero-order valence-electron chi connectivity index (χ0n) is 15.7. The smallest absolute Gasteiger partial charge is 0.216 e. The first-order chi connectivity index (χ1) is 13.3. The summed E-state index contributed by atoms with van der Waals surface area (Å²) in [5, 5.41) is 0. The van der Waals surface area contributed by atoms with E-state index >= 15 is 0 Å². The summed E-state index contributed by atoms with van der Waals surface area (Å²) in [4.78, 5) is 15.9. The van der Waals surface area contributed by atoms with Crippen molar-refractivity contribution in [1.29, 1.82) is 0 Å². The van der Waals surface area contributed by atoms with Crippen LogP contribution in [0.5, 0.6) is 5.88 Å². The number of piperidine rings is 1. The summed E-state index contributed by atoms with van der Waals surface area (Å²) in [6.45, 7) is 2.77. The first-order valence-electron chi connectivity index (χ1n) is 9.89. The first kappa shape index (κ1) is 16.5. The molecule has 6 heteroatoms. The molecule has 0 N–H and O–H groups in total. The Morgan fingerprint density at radius 3 is 2.67 bits per heavy atom. The fraction of sp³-hybridized carbons (Fsp3) is 0.476. The Morgan fingerprint density at radius 1 is 1.07 bits per heavy atom. The van der Waals surface area contributed by atoms with Gasteiger partial charge in [0.05, 0.1) is 23.3 Å². The fourth-order valence-corrected chi connectivity index (χ4v) is 3.95. The Bertz CT molecular complexity index is 941. The van der Waals surface area contributed by atoms with E-state index in [1.807, 2.05) is 12.1 Å². The quantitative estimate of drug-likeness (QED) is 0.694. The predicted octanol–water partition coefficient (Wildman–Crippen LogP) is 3.54. The molecule has 0 atom stereocenters. The molecule has 0 bridgehead atoms. The maximum atomic E-state index is 5.99. The molecule has 0 spiro atoms. The van der Waals surface area contributed by atoms with Gasteiger partial charge in [-0.05, 0) is 43.7 Å². The van der Waals surface area contributed by atoms with E-state index in [4.69, 9.17) is 9.72 Å². The molecule has 2 fully saturated rings. The van der Waals surface area contributed by atoms with Crippen LogP contribution in [0.2, 0.25) is 0 Å². The van der Waals surface area contributed by atoms with Gasteiger partial charge in [0.2, 0.25) is 11.8 Å². The van der Waals surface area contributed by atoms with Gasteiger partial charge in [-0.1, -0.05) is 12.1 Å². The topological polar surface area (TPSA) is 56.1 Å². The van der Waals surface area contributed by atoms with Crippen LogP contribution >= 0.6 is 0 Å². The Hall–Kier alpha value is -2.63. The van der Waals surface area contributed by atoms with Crippen LogP contribution in [0.4, 0.5) is 5.95 Å². The third-order valence-corrected chi connectivity index (χ3v) is 5.79. The van der Waals surface area contributed by atoms with Crippen LogP contribution in [0.3, 0.4) is 0 Å². The minimum absolute atomic E-state index is 0.565. The van der Waals surface area contributed by atoms with Crippen molar-refractivity contribution in [2.24, 2.45) is 13.0 Å². The number of para-hydroxylation sites is 2. The van der Waals surface area contributed by atoms with Crippen molar-refractivity contribution in [3.8, 4) is 5.88 Å². The normalized spacial score (nSPS) is 18.2. The number of nitrogens with zero attached hydrogens (tertiary/aromatic N) is 5. The van der Waals surface area contributed by atoms with Crippen molar-refractivity contribution in [2.75, 3.05) is 24.6 Å². The number of aromatic nitrogens is 4. The maximum Gasteiger partial charge on any atom is 0.216 e. The first-order valence-corrected chi connectivity index (χ1v) is 9.89. The number of aryl methyl sites for hydroxylation is 1. The van der Waals surface area contributed by atoms with Crippen molar-refractivity contribution in [3.63, 3.8) is 0 Å².